The minimum Gasteiger partial charge on any atom is -0.413 e. The van der Waals surface area contributed by atoms with Crippen LogP contribution in [0.4, 0.5) is 0 Å². The second-order valence-electron chi connectivity index (χ2n) is 3.70. The summed E-state index contributed by atoms with van der Waals surface area (Å²) in [7, 11) is 0.734. The van der Waals surface area contributed by atoms with E-state index in [-0.39, 0.29) is 0 Å². The molecule has 0 radical (unpaired) electrons. The largest absolute Gasteiger partial charge is 0.525 e. The zero-order valence-corrected chi connectivity index (χ0v) is 11.3. The van der Waals surface area contributed by atoms with Gasteiger partial charge in [0.25, 0.3) is 0 Å². The van der Waals surface area contributed by atoms with Crippen LogP contribution in [0.25, 0.3) is 0 Å². The summed E-state index contributed by atoms with van der Waals surface area (Å²) >= 11 is 0. The molecule has 0 unspecified atom stereocenters. The predicted molar refractivity (Wildman–Crippen MR) is 56.1 cm³/mol. The first-order valence-electron chi connectivity index (χ1n) is 4.18. The van der Waals surface area contributed by atoms with E-state index in [9.17, 15) is 0 Å². The van der Waals surface area contributed by atoms with Crippen molar-refractivity contribution in [1.29, 1.82) is 0 Å². The Labute approximate surface area is 82.6 Å². The molecule has 6 heteroatoms. The number of hydrogen-bond acceptors (Lipinski definition) is 4. The Hall–Kier alpha value is 0.274. The lowest BCUT2D eigenvalue weighted by Gasteiger charge is -2.27. The van der Waals surface area contributed by atoms with Crippen LogP contribution in [-0.4, -0.2) is 44.7 Å². The molecule has 0 aliphatic rings. The monoisotopic (exact) mass is 224 g/mol. The summed E-state index contributed by atoms with van der Waals surface area (Å²) in [6, 6.07) is 0. The number of rotatable bonds is 6. The first-order valence-corrected chi connectivity index (χ1v) is 9.52. The molecule has 80 valence electrons. The molecule has 0 heterocycles. The fourth-order valence-electron chi connectivity index (χ4n) is 0.732. The lowest BCUT2D eigenvalue weighted by Crippen LogP contribution is -2.50. The van der Waals surface area contributed by atoms with Crippen LogP contribution in [0.15, 0.2) is 0 Å². The standard InChI is InChI=1S/C7H20O4Si2/c1-8-13(9-2,10-3)7-11-12(4,5)6/h7H2,1-6H3. The number of hydrogen-bond donors (Lipinski definition) is 0. The quantitative estimate of drug-likeness (QED) is 0.637. The van der Waals surface area contributed by atoms with Gasteiger partial charge in [-0.15, -0.1) is 0 Å². The van der Waals surface area contributed by atoms with Crippen molar-refractivity contribution in [3.05, 3.63) is 0 Å². The van der Waals surface area contributed by atoms with Gasteiger partial charge in [-0.25, -0.2) is 0 Å². The van der Waals surface area contributed by atoms with Crippen molar-refractivity contribution >= 4 is 17.1 Å². The summed E-state index contributed by atoms with van der Waals surface area (Å²) in [6.45, 7) is 6.35. The fourth-order valence-corrected chi connectivity index (χ4v) is 4.02. The maximum Gasteiger partial charge on any atom is 0.525 e. The molecular weight excluding hydrogens is 204 g/mol. The van der Waals surface area contributed by atoms with Crippen LogP contribution < -0.4 is 0 Å². The average molecular weight is 224 g/mol. The minimum absolute atomic E-state index is 0.437. The van der Waals surface area contributed by atoms with E-state index in [2.05, 4.69) is 19.6 Å². The molecule has 0 rings (SSSR count). The van der Waals surface area contributed by atoms with Crippen molar-refractivity contribution in [2.24, 2.45) is 0 Å². The molecular formula is C7H20O4Si2. The molecule has 0 amide bonds. The van der Waals surface area contributed by atoms with Gasteiger partial charge in [-0.3, -0.25) is 0 Å². The van der Waals surface area contributed by atoms with Crippen LogP contribution in [0.1, 0.15) is 0 Å². The Balaban J connectivity index is 4.11. The van der Waals surface area contributed by atoms with Gasteiger partial charge in [0.2, 0.25) is 0 Å². The van der Waals surface area contributed by atoms with Crippen LogP contribution in [0.3, 0.4) is 0 Å². The van der Waals surface area contributed by atoms with E-state index in [1.807, 2.05) is 0 Å². The first-order chi connectivity index (χ1) is 5.89. The zero-order chi connectivity index (χ0) is 10.5. The van der Waals surface area contributed by atoms with Crippen molar-refractivity contribution in [2.75, 3.05) is 27.6 Å². The fraction of sp³-hybridized carbons (Fsp3) is 1.00. The Bertz CT molecular complexity index is 134. The van der Waals surface area contributed by atoms with Crippen LogP contribution in [0.5, 0.6) is 0 Å². The van der Waals surface area contributed by atoms with E-state index in [0.29, 0.717) is 6.23 Å². The molecule has 4 nitrogen and oxygen atoms in total. The first kappa shape index (κ1) is 13.3. The maximum atomic E-state index is 5.69. The third-order valence-electron chi connectivity index (χ3n) is 1.61. The Kier molecular flexibility index (Phi) is 5.34. The third-order valence-corrected chi connectivity index (χ3v) is 5.28. The van der Waals surface area contributed by atoms with E-state index in [1.54, 1.807) is 21.3 Å². The van der Waals surface area contributed by atoms with Crippen molar-refractivity contribution < 1.29 is 17.7 Å². The topological polar surface area (TPSA) is 36.9 Å². The summed E-state index contributed by atoms with van der Waals surface area (Å²) in [5, 5.41) is 0. The Morgan fingerprint density at radius 3 is 1.46 bits per heavy atom. The smallest absolute Gasteiger partial charge is 0.413 e. The summed E-state index contributed by atoms with van der Waals surface area (Å²) in [6.07, 6.45) is 0.437. The van der Waals surface area contributed by atoms with Crippen LogP contribution >= 0.6 is 0 Å². The molecule has 0 N–H and O–H groups in total. The second kappa shape index (κ2) is 5.23. The van der Waals surface area contributed by atoms with Crippen molar-refractivity contribution in [3.8, 4) is 0 Å². The van der Waals surface area contributed by atoms with Gasteiger partial charge in [-0.2, -0.15) is 0 Å². The lowest BCUT2D eigenvalue weighted by atomic mass is 11.7. The van der Waals surface area contributed by atoms with Crippen LogP contribution in [-0.2, 0) is 17.7 Å². The molecule has 0 spiro atoms. The summed E-state index contributed by atoms with van der Waals surface area (Å²) in [5.41, 5.74) is 0. The molecule has 0 atom stereocenters. The van der Waals surface area contributed by atoms with E-state index >= 15 is 0 Å². The van der Waals surface area contributed by atoms with Gasteiger partial charge in [0.15, 0.2) is 8.32 Å². The molecule has 0 saturated heterocycles. The van der Waals surface area contributed by atoms with Gasteiger partial charge in [-0.1, -0.05) is 0 Å². The highest BCUT2D eigenvalue weighted by Gasteiger charge is 2.39. The average Bonchev–Trinajstić information content (AvgIpc) is 2.06. The second-order valence-corrected chi connectivity index (χ2v) is 11.1. The summed E-state index contributed by atoms with van der Waals surface area (Å²) in [4.78, 5) is 0. The van der Waals surface area contributed by atoms with Gasteiger partial charge in [-0.05, 0) is 19.6 Å². The van der Waals surface area contributed by atoms with Crippen molar-refractivity contribution in [3.63, 3.8) is 0 Å². The molecule has 0 aromatic carbocycles. The SMILES string of the molecule is CO[Si](CO[Si](C)(C)C)(OC)OC. The van der Waals surface area contributed by atoms with E-state index in [1.165, 1.54) is 0 Å². The Morgan fingerprint density at radius 1 is 0.846 bits per heavy atom. The molecule has 0 aromatic heterocycles. The lowest BCUT2D eigenvalue weighted by molar-refractivity contribution is 0.0988. The van der Waals surface area contributed by atoms with Gasteiger partial charge in [0.1, 0.15) is 6.23 Å². The van der Waals surface area contributed by atoms with E-state index < -0.39 is 17.1 Å². The molecule has 0 aromatic rings. The van der Waals surface area contributed by atoms with E-state index in [0.717, 1.165) is 0 Å². The zero-order valence-electron chi connectivity index (χ0n) is 9.34. The minimum atomic E-state index is -2.51. The maximum absolute atomic E-state index is 5.69. The highest BCUT2D eigenvalue weighted by atomic mass is 28.4. The Morgan fingerprint density at radius 2 is 1.23 bits per heavy atom. The highest BCUT2D eigenvalue weighted by molar-refractivity contribution is 6.71. The van der Waals surface area contributed by atoms with Gasteiger partial charge in [0.05, 0.1) is 0 Å². The van der Waals surface area contributed by atoms with Crippen LogP contribution in [0, 0.1) is 0 Å². The molecule has 0 aliphatic heterocycles. The van der Waals surface area contributed by atoms with E-state index in [4.69, 9.17) is 17.7 Å². The third kappa shape index (κ3) is 4.89. The van der Waals surface area contributed by atoms with Gasteiger partial charge < -0.3 is 17.7 Å². The molecule has 0 aliphatic carbocycles. The predicted octanol–water partition coefficient (Wildman–Crippen LogP) is 1.26. The molecule has 0 bridgehead atoms. The highest BCUT2D eigenvalue weighted by Crippen LogP contribution is 2.11. The normalized spacial score (nSPS) is 13.4. The summed E-state index contributed by atoms with van der Waals surface area (Å²) in [5.74, 6) is 0. The van der Waals surface area contributed by atoms with Gasteiger partial charge in [0, 0.05) is 21.3 Å². The van der Waals surface area contributed by atoms with Crippen molar-refractivity contribution in [2.45, 2.75) is 19.6 Å². The summed E-state index contributed by atoms with van der Waals surface area (Å²) < 4.78 is 21.4. The molecule has 0 fully saturated rings. The molecule has 13 heavy (non-hydrogen) atoms. The van der Waals surface area contributed by atoms with Gasteiger partial charge >= 0.3 is 8.80 Å². The molecule has 0 saturated carbocycles. The van der Waals surface area contributed by atoms with Crippen LogP contribution in [0.2, 0.25) is 19.6 Å². The van der Waals surface area contributed by atoms with Crippen molar-refractivity contribution in [1.82, 2.24) is 0 Å².